The summed E-state index contributed by atoms with van der Waals surface area (Å²) in [7, 11) is -0.390. The van der Waals surface area contributed by atoms with E-state index in [1.165, 1.54) is 15.6 Å². The van der Waals surface area contributed by atoms with E-state index in [1.807, 2.05) is 42.2 Å². The van der Waals surface area contributed by atoms with E-state index in [9.17, 15) is 8.42 Å². The third-order valence-electron chi connectivity index (χ3n) is 6.00. The minimum Gasteiger partial charge on any atom is -0.493 e. The molecule has 0 spiro atoms. The van der Waals surface area contributed by atoms with Crippen molar-refractivity contribution in [2.75, 3.05) is 45.3 Å². The second kappa shape index (κ2) is 9.40. The summed E-state index contributed by atoms with van der Waals surface area (Å²) >= 11 is 1.50. The maximum Gasteiger partial charge on any atom is 0.243 e. The number of piperazine rings is 1. The Morgan fingerprint density at radius 3 is 2.34 bits per heavy atom. The number of anilines is 1. The van der Waals surface area contributed by atoms with Gasteiger partial charge in [0.25, 0.3) is 0 Å². The fourth-order valence-electron chi connectivity index (χ4n) is 4.13. The van der Waals surface area contributed by atoms with Crippen LogP contribution in [0.25, 0.3) is 21.5 Å². The van der Waals surface area contributed by atoms with Gasteiger partial charge >= 0.3 is 0 Å². The van der Waals surface area contributed by atoms with Crippen LogP contribution in [0.4, 0.5) is 5.82 Å². The highest BCUT2D eigenvalue weighted by Gasteiger charge is 2.29. The first kappa shape index (κ1) is 23.5. The number of ether oxygens (including phenoxy) is 2. The Kier molecular flexibility index (Phi) is 6.30. The van der Waals surface area contributed by atoms with Crippen LogP contribution in [-0.2, 0) is 10.0 Å². The number of thiazole rings is 1. The van der Waals surface area contributed by atoms with Gasteiger partial charge in [-0.05, 0) is 55.5 Å². The topological polar surface area (TPSA) is 97.8 Å². The second-order valence-electron chi connectivity index (χ2n) is 8.10. The Morgan fingerprint density at radius 2 is 1.66 bits per heavy atom. The lowest BCUT2D eigenvalue weighted by atomic mass is 10.1. The monoisotopic (exact) mass is 511 g/mol. The first-order valence-corrected chi connectivity index (χ1v) is 13.3. The number of aromatic nitrogens is 3. The van der Waals surface area contributed by atoms with Crippen LogP contribution in [-0.4, -0.2) is 68.3 Å². The summed E-state index contributed by atoms with van der Waals surface area (Å²) in [6.45, 7) is 3.74. The molecule has 1 aliphatic rings. The molecule has 1 fully saturated rings. The van der Waals surface area contributed by atoms with Gasteiger partial charge in [-0.1, -0.05) is 0 Å². The van der Waals surface area contributed by atoms with E-state index in [0.29, 0.717) is 54.1 Å². The molecule has 1 saturated heterocycles. The lowest BCUT2D eigenvalue weighted by molar-refractivity contribution is 0.355. The average molecular weight is 512 g/mol. The quantitative estimate of drug-likeness (QED) is 0.387. The zero-order chi connectivity index (χ0) is 24.6. The van der Waals surface area contributed by atoms with Gasteiger partial charge in [-0.25, -0.2) is 13.4 Å². The number of nitrogens with zero attached hydrogens (tertiary/aromatic N) is 5. The van der Waals surface area contributed by atoms with Crippen LogP contribution in [0, 0.1) is 6.92 Å². The number of sulfonamides is 1. The van der Waals surface area contributed by atoms with Gasteiger partial charge in [-0.3, -0.25) is 0 Å². The summed E-state index contributed by atoms with van der Waals surface area (Å²) in [5, 5.41) is 9.68. The van der Waals surface area contributed by atoms with Crippen molar-refractivity contribution in [3.63, 3.8) is 0 Å². The zero-order valence-corrected chi connectivity index (χ0v) is 21.3. The van der Waals surface area contributed by atoms with E-state index in [0.717, 1.165) is 20.8 Å². The Balaban J connectivity index is 1.27. The van der Waals surface area contributed by atoms with Crippen molar-refractivity contribution in [1.82, 2.24) is 19.5 Å². The summed E-state index contributed by atoms with van der Waals surface area (Å²) in [6.07, 6.45) is 0. The Hall–Kier alpha value is -3.28. The van der Waals surface area contributed by atoms with E-state index >= 15 is 0 Å². The largest absolute Gasteiger partial charge is 0.493 e. The van der Waals surface area contributed by atoms with Crippen molar-refractivity contribution in [2.24, 2.45) is 0 Å². The Morgan fingerprint density at radius 1 is 0.886 bits per heavy atom. The normalized spacial score (nSPS) is 14.9. The Labute approximate surface area is 208 Å². The maximum atomic E-state index is 13.2. The van der Waals surface area contributed by atoms with Crippen LogP contribution >= 0.6 is 11.3 Å². The van der Waals surface area contributed by atoms with Gasteiger partial charge in [0, 0.05) is 31.7 Å². The number of methoxy groups -OCH3 is 2. The molecule has 35 heavy (non-hydrogen) atoms. The molecule has 2 aromatic carbocycles. The molecule has 0 saturated carbocycles. The standard InChI is InChI=1S/C24H25N5O4S2/c1-16-25-20-6-5-18(15-23(20)34-16)35(30,31)29-12-10-28(11-13-29)24-9-7-19(26-27-24)17-4-8-21(32-2)22(14-17)33-3/h4-9,14-15H,10-13H2,1-3H3. The molecule has 5 rings (SSSR count). The van der Waals surface area contributed by atoms with E-state index in [1.54, 1.807) is 32.4 Å². The third-order valence-corrected chi connectivity index (χ3v) is 8.83. The van der Waals surface area contributed by atoms with E-state index < -0.39 is 10.0 Å². The van der Waals surface area contributed by atoms with Crippen LogP contribution in [0.5, 0.6) is 11.5 Å². The molecule has 0 atom stereocenters. The molecule has 0 aliphatic carbocycles. The van der Waals surface area contributed by atoms with Crippen molar-refractivity contribution in [2.45, 2.75) is 11.8 Å². The molecule has 4 aromatic rings. The molecule has 0 bridgehead atoms. The number of benzene rings is 2. The molecule has 2 aromatic heterocycles. The van der Waals surface area contributed by atoms with Gasteiger partial charge in [-0.15, -0.1) is 21.5 Å². The highest BCUT2D eigenvalue weighted by molar-refractivity contribution is 7.89. The second-order valence-corrected chi connectivity index (χ2v) is 11.3. The predicted octanol–water partition coefficient (Wildman–Crippen LogP) is 3.59. The number of fused-ring (bicyclic) bond motifs is 1. The van der Waals surface area contributed by atoms with E-state index in [-0.39, 0.29) is 0 Å². The highest BCUT2D eigenvalue weighted by atomic mass is 32.2. The lowest BCUT2D eigenvalue weighted by Crippen LogP contribution is -2.48. The fourth-order valence-corrected chi connectivity index (χ4v) is 6.52. The molecule has 3 heterocycles. The fraction of sp³-hybridized carbons (Fsp3) is 0.292. The van der Waals surface area contributed by atoms with Crippen molar-refractivity contribution in [3.05, 3.63) is 53.5 Å². The predicted molar refractivity (Wildman–Crippen MR) is 136 cm³/mol. The van der Waals surface area contributed by atoms with Crippen LogP contribution in [0.3, 0.4) is 0 Å². The molecule has 0 unspecified atom stereocenters. The van der Waals surface area contributed by atoms with Gasteiger partial charge in [-0.2, -0.15) is 4.31 Å². The first-order valence-electron chi connectivity index (χ1n) is 11.1. The lowest BCUT2D eigenvalue weighted by Gasteiger charge is -2.34. The third kappa shape index (κ3) is 4.54. The zero-order valence-electron chi connectivity index (χ0n) is 19.6. The van der Waals surface area contributed by atoms with Crippen molar-refractivity contribution < 1.29 is 17.9 Å². The van der Waals surface area contributed by atoms with Crippen molar-refractivity contribution >= 4 is 37.4 Å². The van der Waals surface area contributed by atoms with Gasteiger partial charge in [0.15, 0.2) is 17.3 Å². The van der Waals surface area contributed by atoms with Gasteiger partial charge in [0.2, 0.25) is 10.0 Å². The molecule has 0 radical (unpaired) electrons. The highest BCUT2D eigenvalue weighted by Crippen LogP contribution is 2.32. The van der Waals surface area contributed by atoms with Crippen LogP contribution in [0.1, 0.15) is 5.01 Å². The van der Waals surface area contributed by atoms with Crippen molar-refractivity contribution in [1.29, 1.82) is 0 Å². The van der Waals surface area contributed by atoms with Crippen LogP contribution < -0.4 is 14.4 Å². The Bertz CT molecular complexity index is 1460. The molecular weight excluding hydrogens is 486 g/mol. The minimum absolute atomic E-state index is 0.307. The van der Waals surface area contributed by atoms with E-state index in [4.69, 9.17) is 9.47 Å². The van der Waals surface area contributed by atoms with Gasteiger partial charge in [0.05, 0.1) is 40.0 Å². The summed E-state index contributed by atoms with van der Waals surface area (Å²) in [6, 6.07) is 14.5. The maximum absolute atomic E-state index is 13.2. The number of hydrogen-bond donors (Lipinski definition) is 0. The smallest absolute Gasteiger partial charge is 0.243 e. The summed E-state index contributed by atoms with van der Waals surface area (Å²) in [4.78, 5) is 6.77. The SMILES string of the molecule is COc1ccc(-c2ccc(N3CCN(S(=O)(=O)c4ccc5nc(C)sc5c4)CC3)nn2)cc1OC. The van der Waals surface area contributed by atoms with E-state index in [2.05, 4.69) is 15.2 Å². The summed E-state index contributed by atoms with van der Waals surface area (Å²) < 4.78 is 39.5. The molecule has 0 N–H and O–H groups in total. The van der Waals surface area contributed by atoms with Crippen LogP contribution in [0.15, 0.2) is 53.4 Å². The number of aryl methyl sites for hydroxylation is 1. The van der Waals surface area contributed by atoms with Gasteiger partial charge in [0.1, 0.15) is 0 Å². The molecule has 11 heteroatoms. The number of rotatable bonds is 6. The molecule has 9 nitrogen and oxygen atoms in total. The van der Waals surface area contributed by atoms with Crippen LogP contribution in [0.2, 0.25) is 0 Å². The first-order chi connectivity index (χ1) is 16.9. The summed E-state index contributed by atoms with van der Waals surface area (Å²) in [5.41, 5.74) is 2.40. The molecule has 182 valence electrons. The average Bonchev–Trinajstić information content (AvgIpc) is 3.27. The molecule has 0 amide bonds. The summed E-state index contributed by atoms with van der Waals surface area (Å²) in [5.74, 6) is 1.99. The minimum atomic E-state index is -3.58. The van der Waals surface area contributed by atoms with Crippen molar-refractivity contribution in [3.8, 4) is 22.8 Å². The molecule has 1 aliphatic heterocycles. The number of hydrogen-bond acceptors (Lipinski definition) is 9. The molecular formula is C24H25N5O4S2. The van der Waals surface area contributed by atoms with Gasteiger partial charge < -0.3 is 14.4 Å².